The molecule has 0 spiro atoms. The molecule has 0 aromatic carbocycles. The normalized spacial score (nSPS) is 36.4. The molecule has 2 fully saturated rings. The first kappa shape index (κ1) is 16.5. The molecule has 0 saturated carbocycles. The lowest BCUT2D eigenvalue weighted by atomic mass is 9.94. The molecular formula is C13H18N2O7P+. The number of hydrogen-bond acceptors (Lipinski definition) is 7. The van der Waals surface area contributed by atoms with Gasteiger partial charge in [-0.1, -0.05) is 0 Å². The first-order chi connectivity index (χ1) is 10.8. The van der Waals surface area contributed by atoms with Crippen LogP contribution in [0.1, 0.15) is 18.7 Å². The smallest absolute Gasteiger partial charge is 0.387 e. The number of H-pyrrole nitrogens is 1. The van der Waals surface area contributed by atoms with Crippen LogP contribution in [-0.2, 0) is 18.6 Å². The highest BCUT2D eigenvalue weighted by Crippen LogP contribution is 2.49. The number of aliphatic hydroxyl groups excluding tert-OH is 1. The van der Waals surface area contributed by atoms with Crippen LogP contribution in [0, 0.1) is 6.92 Å². The number of fused-ring (bicyclic) bond motifs is 2. The molecule has 2 N–H and O–H groups in total. The summed E-state index contributed by atoms with van der Waals surface area (Å²) in [4.78, 5) is 25.7. The number of hydrogen-bond donors (Lipinski definition) is 2. The summed E-state index contributed by atoms with van der Waals surface area (Å²) in [5.41, 5.74) is -2.01. The fourth-order valence-corrected chi connectivity index (χ4v) is 3.43. The average Bonchev–Trinajstić information content (AvgIpc) is 2.88. The van der Waals surface area contributed by atoms with E-state index >= 15 is 0 Å². The van der Waals surface area contributed by atoms with Crippen molar-refractivity contribution in [3.63, 3.8) is 0 Å². The molecule has 126 valence electrons. The van der Waals surface area contributed by atoms with Crippen molar-refractivity contribution in [2.75, 3.05) is 13.3 Å². The Labute approximate surface area is 132 Å². The van der Waals surface area contributed by atoms with E-state index in [1.54, 1.807) is 13.8 Å². The quantitative estimate of drug-likeness (QED) is 0.716. The molecule has 1 aromatic rings. The molecule has 10 heteroatoms. The van der Waals surface area contributed by atoms with E-state index in [1.165, 1.54) is 17.4 Å². The minimum Gasteiger partial charge on any atom is -0.387 e. The van der Waals surface area contributed by atoms with E-state index in [4.69, 9.17) is 14.0 Å². The summed E-state index contributed by atoms with van der Waals surface area (Å²) in [5, 5.41) is 10.5. The van der Waals surface area contributed by atoms with Crippen LogP contribution in [0.3, 0.4) is 0 Å². The van der Waals surface area contributed by atoms with E-state index in [0.29, 0.717) is 5.56 Å². The Morgan fingerprint density at radius 2 is 2.22 bits per heavy atom. The van der Waals surface area contributed by atoms with Gasteiger partial charge in [-0.05, 0) is 18.4 Å². The molecule has 2 bridgehead atoms. The molecule has 3 rings (SSSR count). The fraction of sp³-hybridized carbons (Fsp3) is 0.692. The number of aliphatic hydroxyl groups is 1. The lowest BCUT2D eigenvalue weighted by Gasteiger charge is -2.34. The highest BCUT2D eigenvalue weighted by atomic mass is 31.1. The maximum Gasteiger partial charge on any atom is 0.504 e. The van der Waals surface area contributed by atoms with Crippen molar-refractivity contribution in [2.24, 2.45) is 0 Å². The van der Waals surface area contributed by atoms with Crippen LogP contribution < -0.4 is 11.2 Å². The molecule has 3 heterocycles. The number of aryl methyl sites for hydroxylation is 1. The topological polar surface area (TPSA) is 120 Å². The van der Waals surface area contributed by atoms with Gasteiger partial charge in [0.05, 0.1) is 6.10 Å². The van der Waals surface area contributed by atoms with Crippen LogP contribution in [-0.4, -0.2) is 51.8 Å². The molecule has 0 aliphatic carbocycles. The largest absolute Gasteiger partial charge is 0.504 e. The molecule has 2 aliphatic rings. The van der Waals surface area contributed by atoms with Crippen molar-refractivity contribution < 1.29 is 23.7 Å². The molecule has 6 atom stereocenters. The zero-order valence-electron chi connectivity index (χ0n) is 12.9. The summed E-state index contributed by atoms with van der Waals surface area (Å²) in [6, 6.07) is 0. The zero-order chi connectivity index (χ0) is 16.9. The van der Waals surface area contributed by atoms with Gasteiger partial charge in [-0.2, -0.15) is 0 Å². The summed E-state index contributed by atoms with van der Waals surface area (Å²) < 4.78 is 29.2. The Balaban J connectivity index is 1.97. The lowest BCUT2D eigenvalue weighted by Crippen LogP contribution is -2.50. The van der Waals surface area contributed by atoms with Gasteiger partial charge in [-0.3, -0.25) is 14.3 Å². The Hall–Kier alpha value is -1.38. The number of nitrogens with zero attached hydrogens (tertiary/aromatic N) is 1. The van der Waals surface area contributed by atoms with Crippen molar-refractivity contribution in [2.45, 2.75) is 44.0 Å². The van der Waals surface area contributed by atoms with Crippen molar-refractivity contribution >= 4 is 8.03 Å². The van der Waals surface area contributed by atoms with Gasteiger partial charge in [0.15, 0.2) is 18.5 Å². The van der Waals surface area contributed by atoms with Gasteiger partial charge < -0.3 is 14.6 Å². The number of aromatic nitrogens is 2. The third-order valence-corrected chi connectivity index (χ3v) is 4.87. The minimum atomic E-state index is -1.87. The molecule has 2 saturated heterocycles. The van der Waals surface area contributed by atoms with Crippen molar-refractivity contribution in [1.29, 1.82) is 0 Å². The lowest BCUT2D eigenvalue weighted by molar-refractivity contribution is -0.215. The summed E-state index contributed by atoms with van der Waals surface area (Å²) in [5.74, 6) is 0. The molecule has 1 aromatic heterocycles. The SMILES string of the molecule is Cc1cn([C@@H]2O[C@@]3(CO[P+](C)=O)C(C)O[C@@H]2[C@@H]3O)c(=O)[nH]c1=O. The average molecular weight is 345 g/mol. The third kappa shape index (κ3) is 2.49. The maximum atomic E-state index is 12.0. The summed E-state index contributed by atoms with van der Waals surface area (Å²) in [6.07, 6.45) is -1.86. The molecular weight excluding hydrogens is 327 g/mol. The summed E-state index contributed by atoms with van der Waals surface area (Å²) in [6.45, 7) is 4.55. The Bertz CT molecular complexity index is 759. The van der Waals surface area contributed by atoms with Gasteiger partial charge in [-0.15, -0.1) is 4.52 Å². The molecule has 2 unspecified atom stereocenters. The van der Waals surface area contributed by atoms with Gasteiger partial charge >= 0.3 is 13.7 Å². The first-order valence-electron chi connectivity index (χ1n) is 7.13. The number of ether oxygens (including phenoxy) is 2. The van der Waals surface area contributed by atoms with Crippen molar-refractivity contribution in [3.05, 3.63) is 32.6 Å². The van der Waals surface area contributed by atoms with Crippen LogP contribution in [0.5, 0.6) is 0 Å². The first-order valence-corrected chi connectivity index (χ1v) is 8.76. The van der Waals surface area contributed by atoms with Gasteiger partial charge in [0.2, 0.25) is 0 Å². The summed E-state index contributed by atoms with van der Waals surface area (Å²) >= 11 is 0. The molecule has 9 nitrogen and oxygen atoms in total. The van der Waals surface area contributed by atoms with Crippen LogP contribution in [0.25, 0.3) is 0 Å². The second-order valence-corrected chi connectivity index (χ2v) is 6.98. The monoisotopic (exact) mass is 345 g/mol. The van der Waals surface area contributed by atoms with Gasteiger partial charge in [0.1, 0.15) is 18.8 Å². The number of nitrogens with one attached hydrogen (secondary N) is 1. The predicted octanol–water partition coefficient (Wildman–Crippen LogP) is -0.350. The summed E-state index contributed by atoms with van der Waals surface area (Å²) in [7, 11) is -1.87. The Morgan fingerprint density at radius 1 is 1.52 bits per heavy atom. The van der Waals surface area contributed by atoms with Crippen LogP contribution in [0.2, 0.25) is 0 Å². The molecule has 0 amide bonds. The standard InChI is InChI=1S/C13H17N2O7P/c1-6-4-15(12(18)14-10(6)17)11-8-9(16)13(22-11,7(2)21-8)5-20-23(3)19/h4,7-9,11,16H,5H2,1-3H3/p+1/t7?,8-,9+,11-,13+/m1/s1. The number of rotatable bonds is 4. The fourth-order valence-electron chi connectivity index (χ4n) is 3.04. The van der Waals surface area contributed by atoms with Crippen LogP contribution >= 0.6 is 8.03 Å². The highest BCUT2D eigenvalue weighted by molar-refractivity contribution is 7.38. The minimum absolute atomic E-state index is 0.120. The molecule has 2 aliphatic heterocycles. The highest BCUT2D eigenvalue weighted by Gasteiger charge is 2.66. The third-order valence-electron chi connectivity index (χ3n) is 4.37. The molecule has 23 heavy (non-hydrogen) atoms. The Kier molecular flexibility index (Phi) is 4.02. The van der Waals surface area contributed by atoms with Crippen LogP contribution in [0.4, 0.5) is 0 Å². The van der Waals surface area contributed by atoms with E-state index < -0.39 is 49.4 Å². The predicted molar refractivity (Wildman–Crippen MR) is 78.7 cm³/mol. The van der Waals surface area contributed by atoms with Crippen molar-refractivity contribution in [1.82, 2.24) is 9.55 Å². The van der Waals surface area contributed by atoms with Crippen molar-refractivity contribution in [3.8, 4) is 0 Å². The zero-order valence-corrected chi connectivity index (χ0v) is 13.8. The van der Waals surface area contributed by atoms with E-state index in [-0.39, 0.29) is 6.61 Å². The second kappa shape index (κ2) is 5.61. The Morgan fingerprint density at radius 3 is 2.87 bits per heavy atom. The van der Waals surface area contributed by atoms with Crippen LogP contribution in [0.15, 0.2) is 15.8 Å². The van der Waals surface area contributed by atoms with E-state index in [2.05, 4.69) is 4.98 Å². The molecule has 0 radical (unpaired) electrons. The van der Waals surface area contributed by atoms with E-state index in [9.17, 15) is 19.3 Å². The van der Waals surface area contributed by atoms with Gasteiger partial charge in [0, 0.05) is 11.8 Å². The second-order valence-electron chi connectivity index (χ2n) is 5.84. The number of aromatic amines is 1. The van der Waals surface area contributed by atoms with Gasteiger partial charge in [-0.25, -0.2) is 4.79 Å². The van der Waals surface area contributed by atoms with E-state index in [0.717, 1.165) is 0 Å². The van der Waals surface area contributed by atoms with Gasteiger partial charge in [0.25, 0.3) is 5.56 Å². The van der Waals surface area contributed by atoms with E-state index in [1.807, 2.05) is 0 Å². The maximum absolute atomic E-state index is 12.0.